The number of carbonyl (C=O) groups is 2. The largest absolute Gasteiger partial charge is 0.546 e. The number of nitrogens with one attached hydrogen (secondary N) is 1. The van der Waals surface area contributed by atoms with Gasteiger partial charge in [0, 0.05) is 42.3 Å². The molecule has 1 N–H and O–H groups in total. The van der Waals surface area contributed by atoms with Gasteiger partial charge in [-0.25, -0.2) is 0 Å². The summed E-state index contributed by atoms with van der Waals surface area (Å²) in [5.41, 5.74) is -0.448. The lowest BCUT2D eigenvalue weighted by molar-refractivity contribution is -0.320. The lowest BCUT2D eigenvalue weighted by Crippen LogP contribution is -2.47. The highest BCUT2D eigenvalue weighted by Gasteiger charge is 2.21. The Morgan fingerprint density at radius 1 is 1.00 bits per heavy atom. The summed E-state index contributed by atoms with van der Waals surface area (Å²) < 4.78 is 5.33. The number of hydrogen-bond donors (Lipinski definition) is 1. The van der Waals surface area contributed by atoms with Crippen LogP contribution in [0.1, 0.15) is 29.8 Å². The van der Waals surface area contributed by atoms with E-state index in [0.29, 0.717) is 21.9 Å². The van der Waals surface area contributed by atoms with Crippen molar-refractivity contribution in [3.05, 3.63) is 64.7 Å². The first kappa shape index (κ1) is 22.9. The van der Waals surface area contributed by atoms with Crippen LogP contribution in [0.15, 0.2) is 48.5 Å². The molecule has 6 nitrogen and oxygen atoms in total. The van der Waals surface area contributed by atoms with Crippen molar-refractivity contribution in [2.75, 3.05) is 33.2 Å². The number of likely N-dealkylation sites (N-methyl/N-ethyl adjacent to an activating group) is 1. The van der Waals surface area contributed by atoms with Crippen molar-refractivity contribution in [2.24, 2.45) is 0 Å². The summed E-state index contributed by atoms with van der Waals surface area (Å²) in [4.78, 5) is 25.5. The van der Waals surface area contributed by atoms with Crippen LogP contribution in [0, 0.1) is 0 Å². The van der Waals surface area contributed by atoms with Gasteiger partial charge in [0.2, 0.25) is 0 Å². The van der Waals surface area contributed by atoms with Gasteiger partial charge in [0.1, 0.15) is 11.4 Å². The predicted octanol–water partition coefficient (Wildman–Crippen LogP) is 2.00. The Kier molecular flexibility index (Phi) is 8.20. The highest BCUT2D eigenvalue weighted by Crippen LogP contribution is 2.20. The van der Waals surface area contributed by atoms with Crippen molar-refractivity contribution in [3.8, 4) is 5.75 Å². The molecule has 1 saturated heterocycles. The van der Waals surface area contributed by atoms with Crippen LogP contribution in [0.3, 0.4) is 0 Å². The molecule has 2 aromatic carbocycles. The normalized spacial score (nSPS) is 14.5. The van der Waals surface area contributed by atoms with Crippen LogP contribution < -0.4 is 15.2 Å². The standard InChI is InChI=1S/C17H15ClO4.C5H12N2/c1-17(2,16(20)21)22-14-9-5-12(6-10-14)15(19)11-3-7-13(18)8-4-11;1-7-4-2-6-3-5-7/h3-10H,1-2H3,(H,20,21);6H,2-5H2,1H3/p-1. The van der Waals surface area contributed by atoms with Crippen LogP contribution in [0.2, 0.25) is 5.02 Å². The fraction of sp³-hybridized carbons (Fsp3) is 0.364. The second-order valence-electron chi connectivity index (χ2n) is 7.31. The first-order chi connectivity index (χ1) is 13.7. The van der Waals surface area contributed by atoms with Gasteiger partial charge < -0.3 is 24.9 Å². The summed E-state index contributed by atoms with van der Waals surface area (Å²) in [5, 5.41) is 14.7. The average Bonchev–Trinajstić information content (AvgIpc) is 2.69. The summed E-state index contributed by atoms with van der Waals surface area (Å²) in [6, 6.07) is 12.9. The number of hydrogen-bond acceptors (Lipinski definition) is 6. The van der Waals surface area contributed by atoms with Crippen molar-refractivity contribution in [2.45, 2.75) is 19.4 Å². The van der Waals surface area contributed by atoms with Gasteiger partial charge in [-0.1, -0.05) is 11.6 Å². The van der Waals surface area contributed by atoms with E-state index in [2.05, 4.69) is 17.3 Å². The zero-order chi connectivity index (χ0) is 21.4. The maximum atomic E-state index is 12.3. The van der Waals surface area contributed by atoms with Crippen LogP contribution in [0.25, 0.3) is 0 Å². The van der Waals surface area contributed by atoms with Gasteiger partial charge in [-0.15, -0.1) is 0 Å². The van der Waals surface area contributed by atoms with E-state index < -0.39 is 11.6 Å². The Labute approximate surface area is 176 Å². The topological polar surface area (TPSA) is 81.7 Å². The molecule has 1 aliphatic rings. The molecule has 0 bridgehead atoms. The van der Waals surface area contributed by atoms with Gasteiger partial charge in [-0.05, 0) is 69.4 Å². The molecule has 0 amide bonds. The first-order valence-electron chi connectivity index (χ1n) is 9.39. The summed E-state index contributed by atoms with van der Waals surface area (Å²) in [6.07, 6.45) is 0. The minimum absolute atomic E-state index is 0.151. The van der Waals surface area contributed by atoms with Crippen LogP contribution in [-0.4, -0.2) is 55.5 Å². The van der Waals surface area contributed by atoms with E-state index in [-0.39, 0.29) is 5.78 Å². The number of benzene rings is 2. The number of aliphatic carboxylic acids is 1. The van der Waals surface area contributed by atoms with Gasteiger partial charge >= 0.3 is 0 Å². The molecule has 156 valence electrons. The Hall–Kier alpha value is -2.41. The molecule has 0 saturated carbocycles. The maximum Gasteiger partial charge on any atom is 0.193 e. The van der Waals surface area contributed by atoms with E-state index in [0.717, 1.165) is 13.1 Å². The molecular formula is C22H26ClN2O4-. The first-order valence-corrected chi connectivity index (χ1v) is 9.77. The maximum absolute atomic E-state index is 12.3. The number of halogens is 1. The molecule has 0 aromatic heterocycles. The second-order valence-corrected chi connectivity index (χ2v) is 7.75. The van der Waals surface area contributed by atoms with Gasteiger partial charge in [0.15, 0.2) is 5.78 Å². The molecule has 0 aliphatic carbocycles. The monoisotopic (exact) mass is 417 g/mol. The van der Waals surface area contributed by atoms with Crippen molar-refractivity contribution in [3.63, 3.8) is 0 Å². The number of carboxylic acid groups (broad SMARTS) is 1. The predicted molar refractivity (Wildman–Crippen MR) is 111 cm³/mol. The van der Waals surface area contributed by atoms with Gasteiger partial charge in [-0.3, -0.25) is 4.79 Å². The molecule has 0 atom stereocenters. The number of ketones is 1. The fourth-order valence-electron chi connectivity index (χ4n) is 2.56. The fourth-order valence-corrected chi connectivity index (χ4v) is 2.68. The number of carboxylic acids is 1. The van der Waals surface area contributed by atoms with E-state index >= 15 is 0 Å². The Bertz CT molecular complexity index is 814. The zero-order valence-corrected chi connectivity index (χ0v) is 17.7. The SMILES string of the molecule is CC(C)(Oc1ccc(C(=O)c2ccc(Cl)cc2)cc1)C(=O)[O-].CN1CCNCC1. The molecule has 29 heavy (non-hydrogen) atoms. The highest BCUT2D eigenvalue weighted by atomic mass is 35.5. The number of nitrogens with zero attached hydrogens (tertiary/aromatic N) is 1. The summed E-state index contributed by atoms with van der Waals surface area (Å²) >= 11 is 5.79. The molecule has 1 aliphatic heterocycles. The van der Waals surface area contributed by atoms with Crippen LogP contribution in [0.4, 0.5) is 0 Å². The molecule has 1 fully saturated rings. The molecule has 2 aromatic rings. The molecule has 0 spiro atoms. The zero-order valence-electron chi connectivity index (χ0n) is 16.9. The molecular weight excluding hydrogens is 392 g/mol. The quantitative estimate of drug-likeness (QED) is 0.749. The van der Waals surface area contributed by atoms with Gasteiger partial charge in [0.25, 0.3) is 0 Å². The number of rotatable bonds is 5. The molecule has 3 rings (SSSR count). The number of piperazine rings is 1. The van der Waals surface area contributed by atoms with E-state index in [1.807, 2.05) is 0 Å². The average molecular weight is 418 g/mol. The number of carbonyl (C=O) groups excluding carboxylic acids is 2. The van der Waals surface area contributed by atoms with Crippen molar-refractivity contribution < 1.29 is 19.4 Å². The number of ether oxygens (including phenoxy) is 1. The third-order valence-electron chi connectivity index (χ3n) is 4.43. The van der Waals surface area contributed by atoms with Crippen LogP contribution in [0.5, 0.6) is 5.75 Å². The Balaban J connectivity index is 0.000000360. The highest BCUT2D eigenvalue weighted by molar-refractivity contribution is 6.30. The third kappa shape index (κ3) is 7.16. The second kappa shape index (κ2) is 10.4. The van der Waals surface area contributed by atoms with E-state index in [4.69, 9.17) is 16.3 Å². The van der Waals surface area contributed by atoms with Crippen molar-refractivity contribution in [1.29, 1.82) is 0 Å². The molecule has 0 radical (unpaired) electrons. The third-order valence-corrected chi connectivity index (χ3v) is 4.68. The Morgan fingerprint density at radius 2 is 1.48 bits per heavy atom. The lowest BCUT2D eigenvalue weighted by atomic mass is 10.0. The summed E-state index contributed by atoms with van der Waals surface area (Å²) in [6.45, 7) is 7.54. The van der Waals surface area contributed by atoms with Crippen LogP contribution in [-0.2, 0) is 4.79 Å². The molecule has 7 heteroatoms. The Morgan fingerprint density at radius 3 is 1.90 bits per heavy atom. The van der Waals surface area contributed by atoms with Crippen LogP contribution >= 0.6 is 11.6 Å². The van der Waals surface area contributed by atoms with Crippen molar-refractivity contribution >= 4 is 23.4 Å². The summed E-state index contributed by atoms with van der Waals surface area (Å²) in [5.74, 6) is -1.11. The molecule has 1 heterocycles. The van der Waals surface area contributed by atoms with E-state index in [1.165, 1.54) is 26.9 Å². The van der Waals surface area contributed by atoms with Crippen molar-refractivity contribution in [1.82, 2.24) is 10.2 Å². The molecule has 0 unspecified atom stereocenters. The van der Waals surface area contributed by atoms with Gasteiger partial charge in [0.05, 0.1) is 5.97 Å². The minimum Gasteiger partial charge on any atom is -0.546 e. The lowest BCUT2D eigenvalue weighted by Gasteiger charge is -2.27. The minimum atomic E-state index is -1.44. The van der Waals surface area contributed by atoms with E-state index in [1.54, 1.807) is 48.5 Å². The van der Waals surface area contributed by atoms with E-state index in [9.17, 15) is 14.7 Å². The smallest absolute Gasteiger partial charge is 0.193 e. The summed E-state index contributed by atoms with van der Waals surface area (Å²) in [7, 11) is 2.15. The van der Waals surface area contributed by atoms with Gasteiger partial charge in [-0.2, -0.15) is 0 Å².